The first-order valence-corrected chi connectivity index (χ1v) is 50.7. The van der Waals surface area contributed by atoms with Crippen LogP contribution in [0.3, 0.4) is 0 Å². The number of nitrogens with zero attached hydrogens (tertiary/aromatic N) is 3. The Balaban J connectivity index is 0.000000332. The zero-order chi connectivity index (χ0) is 76.3. The zero-order valence-corrected chi connectivity index (χ0v) is 73.1. The fourth-order valence-electron chi connectivity index (χ4n) is 10.6. The summed E-state index contributed by atoms with van der Waals surface area (Å²) in [6.07, 6.45) is 16.6. The molecule has 3 saturated heterocycles. The van der Waals surface area contributed by atoms with Gasteiger partial charge in [0.25, 0.3) is 0 Å². The lowest BCUT2D eigenvalue weighted by Gasteiger charge is -2.25. The van der Waals surface area contributed by atoms with E-state index in [0.29, 0.717) is 31.5 Å². The van der Waals surface area contributed by atoms with Gasteiger partial charge >= 0.3 is 18.3 Å². The molecule has 104 heavy (non-hydrogen) atoms. The van der Waals surface area contributed by atoms with Crippen LogP contribution in [0.2, 0.25) is 58.9 Å². The van der Waals surface area contributed by atoms with E-state index >= 15 is 0 Å². The van der Waals surface area contributed by atoms with Gasteiger partial charge in [-0.1, -0.05) is 256 Å². The topological polar surface area (TPSA) is 106 Å². The lowest BCUT2D eigenvalue weighted by atomic mass is 10.1. The lowest BCUT2D eigenvalue weighted by Crippen LogP contribution is -3.00. The monoisotopic (exact) mass is 1620 g/mol. The highest BCUT2D eigenvalue weighted by atomic mass is 79.9. The van der Waals surface area contributed by atoms with Crippen molar-refractivity contribution >= 4 is 112 Å². The van der Waals surface area contributed by atoms with Gasteiger partial charge < -0.3 is 50.7 Å². The van der Waals surface area contributed by atoms with Crippen LogP contribution < -0.4 is 48.8 Å². The predicted octanol–water partition coefficient (Wildman–Crippen LogP) is 15.1. The Hall–Kier alpha value is -7.01. The van der Waals surface area contributed by atoms with Crippen molar-refractivity contribution in [2.75, 3.05) is 50.8 Å². The molecule has 6 aromatic rings. The average Bonchev–Trinajstić information content (AvgIpc) is 1.43. The second kappa shape index (κ2) is 44.8. The van der Waals surface area contributed by atoms with Crippen molar-refractivity contribution in [1.82, 2.24) is 14.7 Å². The smallest absolute Gasteiger partial charge is 0.410 e. The third kappa shape index (κ3) is 36.3. The number of rotatable bonds is 10. The number of allylic oxidation sites excluding steroid dienone is 2. The van der Waals surface area contributed by atoms with Gasteiger partial charge in [0.15, 0.2) is 0 Å². The van der Waals surface area contributed by atoms with Gasteiger partial charge in [0.2, 0.25) is 0 Å². The van der Waals surface area contributed by atoms with E-state index in [1.54, 1.807) is 20.8 Å². The van der Waals surface area contributed by atoms with E-state index in [0.717, 1.165) is 56.7 Å². The molecular formula is C87H115Br2N3O7P2Si3. The van der Waals surface area contributed by atoms with Crippen molar-refractivity contribution in [2.45, 2.75) is 157 Å². The molecule has 0 aromatic heterocycles. The van der Waals surface area contributed by atoms with Crippen LogP contribution in [0.25, 0.3) is 0 Å². The number of benzene rings is 6. The summed E-state index contributed by atoms with van der Waals surface area (Å²) in [5, 5.41) is 9.23. The molecule has 0 saturated carbocycles. The van der Waals surface area contributed by atoms with Crippen molar-refractivity contribution in [3.63, 3.8) is 0 Å². The highest BCUT2D eigenvalue weighted by Crippen LogP contribution is 2.55. The third-order valence-electron chi connectivity index (χ3n) is 15.1. The Labute approximate surface area is 650 Å². The number of aldehydes is 1. The number of carbonyl (C=O) groups excluding carboxylic acids is 4. The maximum absolute atomic E-state index is 11.9. The minimum absolute atomic E-state index is 0. The van der Waals surface area contributed by atoms with E-state index < -0.39 is 56.2 Å². The van der Waals surface area contributed by atoms with Gasteiger partial charge in [0.1, 0.15) is 76.6 Å². The van der Waals surface area contributed by atoms with Crippen LogP contribution >= 0.6 is 31.1 Å². The number of likely N-dealkylation sites (tertiary alicyclic amines) is 3. The molecule has 3 fully saturated rings. The Kier molecular flexibility index (Phi) is 39.3. The number of alkyl halides is 1. The SMILES string of the molecule is C#C/C=C/C1CCN(C(=O)OC(C)(C)C)C1.CC(C)(C)OC(=O)N1CCC(/C=C/C#C[Si](C)(C)C)C1.CC(C)(C)OC(=O)N1CCC(C=O)C1.C[Si](C)(C)C#CCBr.C[Si](C)(C)C#CC[P+](c1ccccc1)(c1ccccc1)c1ccccc1.[Br-].c1ccc(P(c2ccccc2)c2ccccc2)cc1. The van der Waals surface area contributed by atoms with Gasteiger partial charge in [-0.2, -0.15) is 0 Å². The van der Waals surface area contributed by atoms with E-state index in [1.165, 1.54) is 31.8 Å². The standard InChI is InChI=1S/C24H26PSi.C18H15P.C16H27NO2Si.C13H19NO2.C10H17NO3.C6H11BrSi.BrH/c1-26(2,3)21-13-20-25(22-14-7-4-8-15-22,23-16-9-5-10-17-23)24-18-11-6-12-19-24;1-4-10-16(11-5-1)19(17-12-6-2-7-13-17)18-14-8-3-9-15-18;1-16(2,3)19-15(18)17-11-10-14(13-17)9-7-8-12-20(4,5)6;1-5-6-7-11-8-9-14(10-11)12(15)16-13(2,3)4;1-10(2,3)14-9(13)11-5-4-8(6-11)7-12;1-8(2,3)6-4-5-7;/h4-12,14-19H,20H2,1-3H3;1-15H;7,9,14H,10-11,13H2,1-6H3;1,6-7,11H,8-10H2,2-4H3;7-8H,4-6H2,1-3H3;5H2,1-3H3;1H/q+1;;;;;;/p-1/b;;9-7+;7-6+;;;. The highest BCUT2D eigenvalue weighted by molar-refractivity contribution is 9.09. The lowest BCUT2D eigenvalue weighted by molar-refractivity contribution is -0.110. The van der Waals surface area contributed by atoms with E-state index in [9.17, 15) is 19.2 Å². The van der Waals surface area contributed by atoms with E-state index in [4.69, 9.17) is 20.6 Å². The van der Waals surface area contributed by atoms with Gasteiger partial charge in [-0.05, 0) is 166 Å². The molecule has 6 aromatic carbocycles. The van der Waals surface area contributed by atoms with Crippen molar-refractivity contribution in [3.8, 4) is 46.7 Å². The number of amides is 3. The molecule has 17 heteroatoms. The molecule has 0 N–H and O–H groups in total. The summed E-state index contributed by atoms with van der Waals surface area (Å²) in [6.45, 7) is 41.2. The van der Waals surface area contributed by atoms with E-state index in [-0.39, 0.29) is 41.2 Å². The summed E-state index contributed by atoms with van der Waals surface area (Å²) in [6, 6.07) is 65.2. The number of ether oxygens (including phenoxy) is 3. The predicted molar refractivity (Wildman–Crippen MR) is 453 cm³/mol. The summed E-state index contributed by atoms with van der Waals surface area (Å²) in [4.78, 5) is 50.7. The molecule has 0 spiro atoms. The second-order valence-corrected chi connectivity index (χ2v) is 52.0. The van der Waals surface area contributed by atoms with Gasteiger partial charge in [-0.15, -0.1) is 23.1 Å². The van der Waals surface area contributed by atoms with Crippen LogP contribution in [0.1, 0.15) is 81.6 Å². The van der Waals surface area contributed by atoms with Gasteiger partial charge in [-0.3, -0.25) is 0 Å². The Bertz CT molecular complexity index is 3660. The van der Waals surface area contributed by atoms with Crippen LogP contribution in [0, 0.1) is 64.5 Å². The minimum atomic E-state index is -1.79. The molecule has 3 atom stereocenters. The minimum Gasteiger partial charge on any atom is -1.00 e. The molecule has 3 amide bonds. The summed E-state index contributed by atoms with van der Waals surface area (Å²) in [5.41, 5.74) is 8.81. The van der Waals surface area contributed by atoms with Crippen LogP contribution in [0.15, 0.2) is 206 Å². The normalized spacial score (nSPS) is 15.6. The number of hydrogen-bond acceptors (Lipinski definition) is 7. The first-order valence-electron chi connectivity index (χ1n) is 35.7. The van der Waals surface area contributed by atoms with Crippen molar-refractivity contribution in [1.29, 1.82) is 0 Å². The number of terminal acetylenes is 1. The van der Waals surface area contributed by atoms with E-state index in [1.807, 2.05) is 74.5 Å². The Morgan fingerprint density at radius 1 is 0.471 bits per heavy atom. The molecule has 9 rings (SSSR count). The fourth-order valence-corrected chi connectivity index (χ4v) is 19.0. The molecule has 3 unspecified atom stereocenters. The van der Waals surface area contributed by atoms with Crippen LogP contribution in [0.5, 0.6) is 0 Å². The molecule has 3 aliphatic rings. The largest absolute Gasteiger partial charge is 1.00 e. The summed E-state index contributed by atoms with van der Waals surface area (Å²) in [7, 11) is -6.00. The third-order valence-corrected chi connectivity index (χ3v) is 24.8. The van der Waals surface area contributed by atoms with Crippen LogP contribution in [-0.4, -0.2) is 131 Å². The van der Waals surface area contributed by atoms with Crippen LogP contribution in [0.4, 0.5) is 14.4 Å². The van der Waals surface area contributed by atoms with Crippen molar-refractivity contribution < 1.29 is 50.4 Å². The Morgan fingerprint density at radius 2 is 0.760 bits per heavy atom. The number of halogens is 2. The van der Waals surface area contributed by atoms with Gasteiger partial charge in [0, 0.05) is 45.2 Å². The first kappa shape index (κ1) is 91.2. The zero-order valence-electron chi connectivity index (χ0n) is 65.1. The quantitative estimate of drug-likeness (QED) is 0.0336. The highest BCUT2D eigenvalue weighted by Gasteiger charge is 2.45. The summed E-state index contributed by atoms with van der Waals surface area (Å²) < 4.78 is 15.9. The van der Waals surface area contributed by atoms with Crippen molar-refractivity contribution in [3.05, 3.63) is 206 Å². The molecule has 10 nitrogen and oxygen atoms in total. The van der Waals surface area contributed by atoms with Crippen molar-refractivity contribution in [2.24, 2.45) is 17.8 Å². The number of carbonyl (C=O) groups is 4. The van der Waals surface area contributed by atoms with E-state index in [2.05, 4.69) is 303 Å². The Morgan fingerprint density at radius 3 is 1.03 bits per heavy atom. The second-order valence-electron chi connectivity index (χ2n) is 31.5. The maximum Gasteiger partial charge on any atom is 0.410 e. The average molecular weight is 1620 g/mol. The maximum atomic E-state index is 11.9. The first-order chi connectivity index (χ1) is 48.4. The fraction of sp³-hybridized carbons (Fsp3) is 0.402. The summed E-state index contributed by atoms with van der Waals surface area (Å²) in [5.74, 6) is 13.0. The van der Waals surface area contributed by atoms with Gasteiger partial charge in [0.05, 0.1) is 5.33 Å². The summed E-state index contributed by atoms with van der Waals surface area (Å²) >= 11 is 3.25. The van der Waals surface area contributed by atoms with Gasteiger partial charge in [-0.25, -0.2) is 14.4 Å². The molecule has 3 aliphatic heterocycles. The number of hydrogen-bond donors (Lipinski definition) is 0. The van der Waals surface area contributed by atoms with Crippen LogP contribution in [-0.2, 0) is 19.0 Å². The molecule has 3 heterocycles. The molecule has 556 valence electrons. The molecule has 0 aliphatic carbocycles. The molecule has 0 radical (unpaired) electrons. The molecular weight excluding hydrogens is 1500 g/mol. The molecule has 0 bridgehead atoms.